The van der Waals surface area contributed by atoms with Gasteiger partial charge in [0.1, 0.15) is 0 Å². The maximum atomic E-state index is 11.8. The van der Waals surface area contributed by atoms with Crippen molar-refractivity contribution in [3.8, 4) is 0 Å². The molecule has 0 fully saturated rings. The van der Waals surface area contributed by atoms with E-state index in [2.05, 4.69) is 5.32 Å². The molecule has 0 radical (unpaired) electrons. The van der Waals surface area contributed by atoms with Crippen molar-refractivity contribution in [3.63, 3.8) is 0 Å². The smallest absolute Gasteiger partial charge is 0.339 e. The molecule has 0 aliphatic rings. The molecule has 0 saturated heterocycles. The lowest BCUT2D eigenvalue weighted by atomic mass is 10.2. The summed E-state index contributed by atoms with van der Waals surface area (Å²) in [5, 5.41) is 4.21. The van der Waals surface area contributed by atoms with Crippen LogP contribution in [-0.2, 0) is 9.53 Å². The fraction of sp³-hybridized carbons (Fsp3) is 0.250. The normalized spacial score (nSPS) is 9.58. The van der Waals surface area contributed by atoms with Crippen molar-refractivity contribution in [2.45, 2.75) is 4.90 Å². The summed E-state index contributed by atoms with van der Waals surface area (Å²) < 4.78 is 4.83. The molecule has 0 spiro atoms. The Morgan fingerprint density at radius 3 is 2.58 bits per heavy atom. The van der Waals surface area contributed by atoms with Crippen LogP contribution in [0.4, 0.5) is 4.79 Å². The van der Waals surface area contributed by atoms with Crippen LogP contribution in [0.2, 0.25) is 0 Å². The van der Waals surface area contributed by atoms with Gasteiger partial charge in [-0.05, 0) is 18.4 Å². The molecule has 0 bridgehead atoms. The van der Waals surface area contributed by atoms with Gasteiger partial charge in [-0.3, -0.25) is 10.1 Å². The molecule has 0 saturated carbocycles. The maximum Gasteiger partial charge on any atom is 0.339 e. The second-order valence-corrected chi connectivity index (χ2v) is 4.25. The summed E-state index contributed by atoms with van der Waals surface area (Å²) in [6.45, 7) is -0.505. The fourth-order valence-electron chi connectivity index (χ4n) is 1.25. The molecule has 0 unspecified atom stereocenters. The highest BCUT2D eigenvalue weighted by Crippen LogP contribution is 2.20. The molecule has 19 heavy (non-hydrogen) atoms. The van der Waals surface area contributed by atoms with Crippen molar-refractivity contribution in [1.29, 1.82) is 0 Å². The summed E-state index contributed by atoms with van der Waals surface area (Å²) in [5.41, 5.74) is 0.391. The number of rotatable bonds is 4. The van der Waals surface area contributed by atoms with Crippen LogP contribution in [0.1, 0.15) is 10.4 Å². The highest BCUT2D eigenvalue weighted by atomic mass is 32.2. The van der Waals surface area contributed by atoms with Gasteiger partial charge in [-0.1, -0.05) is 12.1 Å². The monoisotopic (exact) mass is 282 g/mol. The molecule has 7 heteroatoms. The average molecular weight is 282 g/mol. The lowest BCUT2D eigenvalue weighted by Gasteiger charge is -2.07. The van der Waals surface area contributed by atoms with Gasteiger partial charge in [0.05, 0.1) is 5.56 Å². The van der Waals surface area contributed by atoms with Gasteiger partial charge in [0.25, 0.3) is 5.91 Å². The summed E-state index contributed by atoms with van der Waals surface area (Å²) >= 11 is 1.41. The number of esters is 1. The van der Waals surface area contributed by atoms with E-state index in [0.717, 1.165) is 4.90 Å². The van der Waals surface area contributed by atoms with Crippen molar-refractivity contribution in [3.05, 3.63) is 29.8 Å². The van der Waals surface area contributed by atoms with Crippen LogP contribution in [0.5, 0.6) is 0 Å². The van der Waals surface area contributed by atoms with Gasteiger partial charge < -0.3 is 10.1 Å². The second kappa shape index (κ2) is 7.42. The van der Waals surface area contributed by atoms with E-state index in [1.165, 1.54) is 18.8 Å². The molecule has 0 aromatic heterocycles. The van der Waals surface area contributed by atoms with Crippen LogP contribution < -0.4 is 10.6 Å². The highest BCUT2D eigenvalue weighted by molar-refractivity contribution is 7.98. The number of hydrogen-bond acceptors (Lipinski definition) is 5. The molecule has 0 atom stereocenters. The number of ether oxygens (including phenoxy) is 1. The average Bonchev–Trinajstić information content (AvgIpc) is 2.44. The molecule has 3 amide bonds. The van der Waals surface area contributed by atoms with Gasteiger partial charge in [0.2, 0.25) is 0 Å². The molecule has 1 aromatic carbocycles. The van der Waals surface area contributed by atoms with Crippen LogP contribution >= 0.6 is 11.8 Å². The molecule has 6 nitrogen and oxygen atoms in total. The Morgan fingerprint density at radius 1 is 1.26 bits per heavy atom. The zero-order valence-corrected chi connectivity index (χ0v) is 11.4. The summed E-state index contributed by atoms with van der Waals surface area (Å²) in [5.74, 6) is -1.29. The topological polar surface area (TPSA) is 84.5 Å². The first-order chi connectivity index (χ1) is 9.08. The Labute approximate surface area is 114 Å². The molecule has 2 N–H and O–H groups in total. The predicted molar refractivity (Wildman–Crippen MR) is 71.1 cm³/mol. The zero-order chi connectivity index (χ0) is 14.3. The minimum atomic E-state index is -0.686. The van der Waals surface area contributed by atoms with Crippen molar-refractivity contribution in [2.24, 2.45) is 0 Å². The Kier molecular flexibility index (Phi) is 5.87. The molecule has 0 heterocycles. The Hall–Kier alpha value is -2.02. The third-order valence-corrected chi connectivity index (χ3v) is 2.94. The first-order valence-corrected chi connectivity index (χ1v) is 6.62. The number of thioether (sulfide) groups is 1. The van der Waals surface area contributed by atoms with Gasteiger partial charge in [0, 0.05) is 11.9 Å². The van der Waals surface area contributed by atoms with Gasteiger partial charge in [-0.25, -0.2) is 9.59 Å². The zero-order valence-electron chi connectivity index (χ0n) is 10.6. The third kappa shape index (κ3) is 4.63. The van der Waals surface area contributed by atoms with Crippen molar-refractivity contribution < 1.29 is 19.1 Å². The Morgan fingerprint density at radius 2 is 1.95 bits per heavy atom. The molecule has 0 aliphatic carbocycles. The first-order valence-electron chi connectivity index (χ1n) is 5.40. The Balaban J connectivity index is 2.56. The summed E-state index contributed by atoms with van der Waals surface area (Å²) in [7, 11) is 1.38. The summed E-state index contributed by atoms with van der Waals surface area (Å²) in [6.07, 6.45) is 1.84. The van der Waals surface area contributed by atoms with Crippen molar-refractivity contribution in [2.75, 3.05) is 19.9 Å². The highest BCUT2D eigenvalue weighted by Gasteiger charge is 2.14. The summed E-state index contributed by atoms with van der Waals surface area (Å²) in [6, 6.07) is 6.27. The largest absolute Gasteiger partial charge is 0.452 e. The standard InChI is InChI=1S/C12H14N2O4S/c1-13-12(17)14-10(15)7-18-11(16)8-5-3-4-6-9(8)19-2/h3-6H,7H2,1-2H3,(H2,13,14,15,17). The molecule has 1 rings (SSSR count). The number of hydrogen-bond donors (Lipinski definition) is 2. The number of amides is 3. The maximum absolute atomic E-state index is 11.8. The van der Waals surface area contributed by atoms with Gasteiger partial charge in [0.15, 0.2) is 6.61 Å². The number of imide groups is 1. The SMILES string of the molecule is CNC(=O)NC(=O)COC(=O)c1ccccc1SC. The van der Waals surface area contributed by atoms with Crippen LogP contribution in [0.3, 0.4) is 0 Å². The third-order valence-electron chi connectivity index (χ3n) is 2.14. The van der Waals surface area contributed by atoms with E-state index in [1.807, 2.05) is 11.6 Å². The van der Waals surface area contributed by atoms with E-state index >= 15 is 0 Å². The lowest BCUT2D eigenvalue weighted by Crippen LogP contribution is -2.39. The van der Waals surface area contributed by atoms with E-state index in [9.17, 15) is 14.4 Å². The van der Waals surface area contributed by atoms with Crippen molar-refractivity contribution in [1.82, 2.24) is 10.6 Å². The van der Waals surface area contributed by atoms with Crippen molar-refractivity contribution >= 4 is 29.7 Å². The fourth-order valence-corrected chi connectivity index (χ4v) is 1.83. The quantitative estimate of drug-likeness (QED) is 0.636. The first kappa shape index (κ1) is 15.0. The number of carbonyl (C=O) groups excluding carboxylic acids is 3. The number of urea groups is 1. The van der Waals surface area contributed by atoms with Crippen LogP contribution in [0.15, 0.2) is 29.2 Å². The number of carbonyl (C=O) groups is 3. The van der Waals surface area contributed by atoms with E-state index in [-0.39, 0.29) is 0 Å². The van der Waals surface area contributed by atoms with Crippen LogP contribution in [0, 0.1) is 0 Å². The van der Waals surface area contributed by atoms with E-state index in [1.54, 1.807) is 24.3 Å². The molecular weight excluding hydrogens is 268 g/mol. The number of benzene rings is 1. The number of nitrogens with one attached hydrogen (secondary N) is 2. The van der Waals surface area contributed by atoms with E-state index < -0.39 is 24.5 Å². The van der Waals surface area contributed by atoms with Crippen LogP contribution in [0.25, 0.3) is 0 Å². The lowest BCUT2D eigenvalue weighted by molar-refractivity contribution is -0.123. The van der Waals surface area contributed by atoms with E-state index in [0.29, 0.717) is 5.56 Å². The van der Waals surface area contributed by atoms with Gasteiger partial charge >= 0.3 is 12.0 Å². The molecule has 0 aliphatic heterocycles. The molecule has 1 aromatic rings. The Bertz CT molecular complexity index is 490. The predicted octanol–water partition coefficient (Wildman–Crippen LogP) is 1.02. The summed E-state index contributed by atoms with van der Waals surface area (Å²) in [4.78, 5) is 34.6. The second-order valence-electron chi connectivity index (χ2n) is 3.40. The minimum Gasteiger partial charge on any atom is -0.452 e. The van der Waals surface area contributed by atoms with Gasteiger partial charge in [-0.2, -0.15) is 0 Å². The molecule has 102 valence electrons. The minimum absolute atomic E-state index is 0.391. The van der Waals surface area contributed by atoms with E-state index in [4.69, 9.17) is 4.74 Å². The molecular formula is C12H14N2O4S. The van der Waals surface area contributed by atoms with Gasteiger partial charge in [-0.15, -0.1) is 11.8 Å². The van der Waals surface area contributed by atoms with Crippen LogP contribution in [-0.4, -0.2) is 37.8 Å².